The average Bonchev–Trinajstić information content (AvgIpc) is 2.62. The van der Waals surface area contributed by atoms with Crippen LogP contribution in [0, 0.1) is 12.8 Å². The number of rotatable bonds is 3. The van der Waals surface area contributed by atoms with E-state index in [0.29, 0.717) is 5.78 Å². The molecule has 0 N–H and O–H groups in total. The molecule has 0 spiro atoms. The molecule has 0 aliphatic heterocycles. The van der Waals surface area contributed by atoms with Crippen molar-refractivity contribution in [3.63, 3.8) is 0 Å². The Labute approximate surface area is 161 Å². The molecular weight excluding hydrogens is 368 g/mol. The fourth-order valence-corrected chi connectivity index (χ4v) is 5.07. The highest BCUT2D eigenvalue weighted by molar-refractivity contribution is 7.85. The van der Waals surface area contributed by atoms with E-state index in [1.807, 2.05) is 18.3 Å². The molecule has 0 radical (unpaired) electrons. The van der Waals surface area contributed by atoms with Gasteiger partial charge in [-0.05, 0) is 44.7 Å². The molecule has 0 unspecified atom stereocenters. The third-order valence-corrected chi connectivity index (χ3v) is 7.16. The Morgan fingerprint density at radius 3 is 2.19 bits per heavy atom. The number of ketones is 1. The van der Waals surface area contributed by atoms with Gasteiger partial charge in [-0.1, -0.05) is 37.0 Å². The molecule has 0 atom stereocenters. The monoisotopic (exact) mass is 396 g/mol. The normalized spacial score (nSPS) is 20.5. The highest BCUT2D eigenvalue weighted by Gasteiger charge is 2.26. The van der Waals surface area contributed by atoms with Crippen molar-refractivity contribution in [1.82, 2.24) is 0 Å². The SMILES string of the molecule is Cc1ccc(S(=O)(=O)[O-])cc1.O=C1CCCCC1=[S+]CC1CCCCC1. The number of carbonyl (C=O) groups is 1. The van der Waals surface area contributed by atoms with E-state index in [-0.39, 0.29) is 4.90 Å². The van der Waals surface area contributed by atoms with Crippen molar-refractivity contribution < 1.29 is 17.8 Å². The molecule has 0 bridgehead atoms. The Bertz CT molecular complexity index is 715. The Hall–Kier alpha value is -1.11. The maximum atomic E-state index is 11.6. The smallest absolute Gasteiger partial charge is 0.243 e. The molecule has 2 aliphatic rings. The van der Waals surface area contributed by atoms with E-state index in [0.717, 1.165) is 30.7 Å². The summed E-state index contributed by atoms with van der Waals surface area (Å²) in [5, 5.41) is 0. The van der Waals surface area contributed by atoms with Crippen LogP contribution in [-0.4, -0.2) is 29.4 Å². The molecule has 26 heavy (non-hydrogen) atoms. The van der Waals surface area contributed by atoms with Crippen molar-refractivity contribution in [2.75, 3.05) is 5.75 Å². The van der Waals surface area contributed by atoms with Gasteiger partial charge in [-0.15, -0.1) is 0 Å². The van der Waals surface area contributed by atoms with Crippen LogP contribution in [0.5, 0.6) is 0 Å². The van der Waals surface area contributed by atoms with E-state index in [1.165, 1.54) is 61.3 Å². The third-order valence-electron chi connectivity index (χ3n) is 4.90. The maximum Gasteiger partial charge on any atom is 0.243 e. The summed E-state index contributed by atoms with van der Waals surface area (Å²) in [6.07, 6.45) is 11.3. The molecule has 0 saturated heterocycles. The number of aryl methyl sites for hydroxylation is 1. The lowest BCUT2D eigenvalue weighted by Crippen LogP contribution is -2.21. The van der Waals surface area contributed by atoms with Crippen LogP contribution in [0.3, 0.4) is 0 Å². The third kappa shape index (κ3) is 7.25. The average molecular weight is 397 g/mol. The zero-order valence-electron chi connectivity index (χ0n) is 15.4. The molecule has 4 nitrogen and oxygen atoms in total. The second-order valence-electron chi connectivity index (χ2n) is 7.14. The number of carbonyl (C=O) groups excluding carboxylic acids is 1. The van der Waals surface area contributed by atoms with Crippen LogP contribution in [0.4, 0.5) is 0 Å². The molecular formula is C20H28O4S2. The molecule has 2 fully saturated rings. The van der Waals surface area contributed by atoms with Crippen molar-refractivity contribution in [2.45, 2.75) is 69.6 Å². The van der Waals surface area contributed by atoms with Gasteiger partial charge in [0.15, 0.2) is 17.1 Å². The summed E-state index contributed by atoms with van der Waals surface area (Å²) in [7, 11) is -4.27. The minimum Gasteiger partial charge on any atom is -0.744 e. The summed E-state index contributed by atoms with van der Waals surface area (Å²) in [6.45, 7) is 1.82. The van der Waals surface area contributed by atoms with E-state index in [1.54, 1.807) is 12.1 Å². The van der Waals surface area contributed by atoms with Gasteiger partial charge in [0.05, 0.1) is 4.90 Å². The van der Waals surface area contributed by atoms with E-state index in [2.05, 4.69) is 0 Å². The first-order valence-corrected chi connectivity index (χ1v) is 11.8. The summed E-state index contributed by atoms with van der Waals surface area (Å²) in [5.41, 5.74) is 0.928. The zero-order valence-corrected chi connectivity index (χ0v) is 17.0. The van der Waals surface area contributed by atoms with Crippen LogP contribution in [0.1, 0.15) is 63.4 Å². The lowest BCUT2D eigenvalue weighted by atomic mass is 9.91. The number of hydrogen-bond acceptors (Lipinski definition) is 4. The van der Waals surface area contributed by atoms with Crippen LogP contribution in [0.25, 0.3) is 0 Å². The molecule has 3 rings (SSSR count). The molecule has 0 heterocycles. The largest absolute Gasteiger partial charge is 0.744 e. The fraction of sp³-hybridized carbons (Fsp3) is 0.600. The lowest BCUT2D eigenvalue weighted by molar-refractivity contribution is -0.113. The van der Waals surface area contributed by atoms with Crippen molar-refractivity contribution in [3.8, 4) is 0 Å². The summed E-state index contributed by atoms with van der Waals surface area (Å²) in [4.78, 5) is 12.6. The summed E-state index contributed by atoms with van der Waals surface area (Å²) in [6, 6.07) is 5.78. The van der Waals surface area contributed by atoms with Gasteiger partial charge in [-0.25, -0.2) is 8.42 Å². The first-order chi connectivity index (χ1) is 12.4. The van der Waals surface area contributed by atoms with E-state index in [9.17, 15) is 17.8 Å². The Balaban J connectivity index is 0.000000197. The van der Waals surface area contributed by atoms with Crippen LogP contribution < -0.4 is 0 Å². The van der Waals surface area contributed by atoms with Crippen LogP contribution in [0.15, 0.2) is 29.2 Å². The first kappa shape index (κ1) is 21.2. The first-order valence-electron chi connectivity index (χ1n) is 9.40. The summed E-state index contributed by atoms with van der Waals surface area (Å²) >= 11 is 1.88. The topological polar surface area (TPSA) is 74.3 Å². The van der Waals surface area contributed by atoms with Crippen molar-refractivity contribution in [2.24, 2.45) is 5.92 Å². The summed E-state index contributed by atoms with van der Waals surface area (Å²) in [5.74, 6) is 2.55. The van der Waals surface area contributed by atoms with E-state index in [4.69, 9.17) is 0 Å². The quantitative estimate of drug-likeness (QED) is 0.442. The highest BCUT2D eigenvalue weighted by atomic mass is 32.2. The van der Waals surface area contributed by atoms with E-state index < -0.39 is 10.1 Å². The standard InChI is InChI=1S/C13H21OS.C7H8O3S/c14-12-8-4-5-9-13(12)15-10-11-6-2-1-3-7-11;1-6-2-4-7(5-3-6)11(8,9)10/h11H,1-10H2;2-5H,1H3,(H,8,9,10)/q+1;/p-1. The van der Waals surface area contributed by atoms with Crippen molar-refractivity contribution in [1.29, 1.82) is 0 Å². The molecule has 0 aromatic heterocycles. The number of benzene rings is 1. The van der Waals surface area contributed by atoms with Crippen molar-refractivity contribution in [3.05, 3.63) is 29.8 Å². The van der Waals surface area contributed by atoms with Crippen LogP contribution in [-0.2, 0) is 26.3 Å². The predicted octanol–water partition coefficient (Wildman–Crippen LogP) is 3.86. The van der Waals surface area contributed by atoms with Gasteiger partial charge in [0.1, 0.15) is 10.1 Å². The van der Waals surface area contributed by atoms with Gasteiger partial charge in [0.25, 0.3) is 0 Å². The molecule has 0 amide bonds. The van der Waals surface area contributed by atoms with Gasteiger partial charge in [0, 0.05) is 18.8 Å². The molecule has 2 aliphatic carbocycles. The maximum absolute atomic E-state index is 11.6. The Morgan fingerprint density at radius 2 is 1.62 bits per heavy atom. The molecule has 6 heteroatoms. The second kappa shape index (κ2) is 10.3. The van der Waals surface area contributed by atoms with Gasteiger partial charge in [-0.3, -0.25) is 4.79 Å². The minimum absolute atomic E-state index is 0.178. The molecule has 1 aromatic carbocycles. The van der Waals surface area contributed by atoms with Crippen LogP contribution in [0.2, 0.25) is 0 Å². The van der Waals surface area contributed by atoms with Gasteiger partial charge >= 0.3 is 0 Å². The second-order valence-corrected chi connectivity index (χ2v) is 9.63. The Morgan fingerprint density at radius 1 is 1.00 bits per heavy atom. The fourth-order valence-electron chi connectivity index (χ4n) is 3.28. The Kier molecular flexibility index (Phi) is 8.38. The predicted molar refractivity (Wildman–Crippen MR) is 106 cm³/mol. The molecule has 1 aromatic rings. The number of Topliss-reactive ketones (excluding diaryl/α,β-unsaturated/α-hetero) is 1. The van der Waals surface area contributed by atoms with Gasteiger partial charge < -0.3 is 4.55 Å². The van der Waals surface area contributed by atoms with Gasteiger partial charge in [-0.2, -0.15) is 0 Å². The number of hydrogen-bond donors (Lipinski definition) is 0. The minimum atomic E-state index is -4.27. The van der Waals surface area contributed by atoms with E-state index >= 15 is 0 Å². The summed E-state index contributed by atoms with van der Waals surface area (Å²) < 4.78 is 31.2. The lowest BCUT2D eigenvalue weighted by Gasteiger charge is -2.16. The molecule has 2 saturated carbocycles. The van der Waals surface area contributed by atoms with Gasteiger partial charge in [0.2, 0.25) is 10.6 Å². The van der Waals surface area contributed by atoms with Crippen molar-refractivity contribution >= 4 is 32.1 Å². The zero-order chi connectivity index (χ0) is 19.0. The molecule has 144 valence electrons. The van der Waals surface area contributed by atoms with Crippen LogP contribution >= 0.6 is 0 Å². The highest BCUT2D eigenvalue weighted by Crippen LogP contribution is 2.23.